The summed E-state index contributed by atoms with van der Waals surface area (Å²) in [6.07, 6.45) is 0.828. The van der Waals surface area contributed by atoms with Gasteiger partial charge in [0.05, 0.1) is 0 Å². The number of hydrogen-bond donors (Lipinski definition) is 1. The van der Waals surface area contributed by atoms with Crippen molar-refractivity contribution in [3.8, 4) is 0 Å². The third-order valence-corrected chi connectivity index (χ3v) is 1.17. The minimum Gasteiger partial charge on any atom is -0.344 e. The average molecular weight is 144 g/mol. The van der Waals surface area contributed by atoms with Gasteiger partial charge >= 0.3 is 0 Å². The Morgan fingerprint density at radius 1 is 1.60 bits per heavy atom. The van der Waals surface area contributed by atoms with Gasteiger partial charge in [-0.2, -0.15) is 0 Å². The van der Waals surface area contributed by atoms with Crippen LogP contribution in [0.15, 0.2) is 0 Å². The fourth-order valence-electron chi connectivity index (χ4n) is 0.747. The Labute approximate surface area is 62.2 Å². The number of likely N-dealkylation sites (N-methyl/N-ethyl adjacent to an activating group) is 1. The fourth-order valence-corrected chi connectivity index (χ4v) is 0.747. The van der Waals surface area contributed by atoms with Crippen LogP contribution in [-0.2, 0) is 4.79 Å². The van der Waals surface area contributed by atoms with Crippen LogP contribution >= 0.6 is 0 Å². The molecular formula is C7H16N2O. The Hall–Kier alpha value is -0.570. The van der Waals surface area contributed by atoms with Crippen LogP contribution in [0.25, 0.3) is 0 Å². The molecule has 0 rings (SSSR count). The summed E-state index contributed by atoms with van der Waals surface area (Å²) in [5.41, 5.74) is 5.41. The maximum absolute atomic E-state index is 10.3. The molecule has 3 nitrogen and oxygen atoms in total. The lowest BCUT2D eigenvalue weighted by atomic mass is 10.1. The first-order valence-electron chi connectivity index (χ1n) is 3.48. The van der Waals surface area contributed by atoms with E-state index in [2.05, 4.69) is 0 Å². The van der Waals surface area contributed by atoms with Gasteiger partial charge in [-0.15, -0.1) is 0 Å². The second kappa shape index (κ2) is 3.56. The molecule has 0 aromatic rings. The molecule has 0 saturated heterocycles. The molecule has 0 aromatic carbocycles. The predicted molar refractivity (Wildman–Crippen MR) is 41.6 cm³/mol. The first kappa shape index (κ1) is 9.43. The van der Waals surface area contributed by atoms with Gasteiger partial charge in [-0.25, -0.2) is 0 Å². The summed E-state index contributed by atoms with van der Waals surface area (Å²) in [7, 11) is 0. The van der Waals surface area contributed by atoms with E-state index < -0.39 is 0 Å². The molecule has 0 radical (unpaired) electrons. The third-order valence-electron chi connectivity index (χ3n) is 1.17. The average Bonchev–Trinajstić information content (AvgIpc) is 1.81. The molecule has 0 aromatic heterocycles. The molecule has 0 spiro atoms. The number of nitrogens with zero attached hydrogens (tertiary/aromatic N) is 1. The highest BCUT2D eigenvalue weighted by molar-refractivity contribution is 5.47. The summed E-state index contributed by atoms with van der Waals surface area (Å²) in [5.74, 6) is 0. The zero-order valence-corrected chi connectivity index (χ0v) is 6.92. The van der Waals surface area contributed by atoms with Gasteiger partial charge < -0.3 is 10.6 Å². The van der Waals surface area contributed by atoms with Crippen LogP contribution in [0.3, 0.4) is 0 Å². The van der Waals surface area contributed by atoms with Crippen molar-refractivity contribution >= 4 is 6.41 Å². The van der Waals surface area contributed by atoms with Crippen LogP contribution < -0.4 is 5.73 Å². The van der Waals surface area contributed by atoms with Crippen molar-refractivity contribution in [2.24, 2.45) is 5.73 Å². The molecule has 0 saturated carbocycles. The SMILES string of the molecule is CCN(C=O)CC(C)(C)N. The molecule has 0 bridgehead atoms. The standard InChI is InChI=1S/C7H16N2O/c1-4-9(6-10)5-7(2,3)8/h6H,4-5,8H2,1-3H3. The minimum absolute atomic E-state index is 0.281. The van der Waals surface area contributed by atoms with E-state index in [1.165, 1.54) is 0 Å². The summed E-state index contributed by atoms with van der Waals surface area (Å²) in [6.45, 7) is 7.08. The Bertz CT molecular complexity index is 107. The van der Waals surface area contributed by atoms with E-state index in [0.29, 0.717) is 6.54 Å². The Morgan fingerprint density at radius 2 is 2.10 bits per heavy atom. The molecular weight excluding hydrogens is 128 g/mol. The van der Waals surface area contributed by atoms with E-state index in [1.54, 1.807) is 4.90 Å². The maximum atomic E-state index is 10.3. The number of rotatable bonds is 4. The number of amides is 1. The predicted octanol–water partition coefficient (Wildman–Crippen LogP) is 0.202. The molecule has 0 fully saturated rings. The maximum Gasteiger partial charge on any atom is 0.209 e. The van der Waals surface area contributed by atoms with Crippen LogP contribution in [0.4, 0.5) is 0 Å². The molecule has 10 heavy (non-hydrogen) atoms. The quantitative estimate of drug-likeness (QED) is 0.573. The van der Waals surface area contributed by atoms with Gasteiger partial charge in [0.25, 0.3) is 0 Å². The second-order valence-electron chi connectivity index (χ2n) is 3.16. The lowest BCUT2D eigenvalue weighted by Gasteiger charge is -2.25. The van der Waals surface area contributed by atoms with Crippen molar-refractivity contribution in [3.63, 3.8) is 0 Å². The van der Waals surface area contributed by atoms with Gasteiger partial charge in [-0.3, -0.25) is 4.79 Å². The third kappa shape index (κ3) is 4.32. The first-order chi connectivity index (χ1) is 4.49. The molecule has 60 valence electrons. The second-order valence-corrected chi connectivity index (χ2v) is 3.16. The summed E-state index contributed by atoms with van der Waals surface area (Å²) < 4.78 is 0. The summed E-state index contributed by atoms with van der Waals surface area (Å²) >= 11 is 0. The molecule has 1 amide bonds. The number of hydrogen-bond acceptors (Lipinski definition) is 2. The van der Waals surface area contributed by atoms with Crippen LogP contribution in [-0.4, -0.2) is 29.9 Å². The summed E-state index contributed by atoms with van der Waals surface area (Å²) in [5, 5.41) is 0. The van der Waals surface area contributed by atoms with E-state index in [9.17, 15) is 4.79 Å². The minimum atomic E-state index is -0.281. The number of carbonyl (C=O) groups excluding carboxylic acids is 1. The van der Waals surface area contributed by atoms with Crippen LogP contribution in [0, 0.1) is 0 Å². The zero-order valence-electron chi connectivity index (χ0n) is 6.92. The van der Waals surface area contributed by atoms with Gasteiger partial charge in [0.2, 0.25) is 6.41 Å². The van der Waals surface area contributed by atoms with E-state index in [1.807, 2.05) is 20.8 Å². The molecule has 0 unspecified atom stereocenters. The molecule has 0 heterocycles. The highest BCUT2D eigenvalue weighted by Gasteiger charge is 2.13. The van der Waals surface area contributed by atoms with Gasteiger partial charge in [-0.1, -0.05) is 0 Å². The van der Waals surface area contributed by atoms with E-state index >= 15 is 0 Å². The largest absolute Gasteiger partial charge is 0.344 e. The van der Waals surface area contributed by atoms with Crippen molar-refractivity contribution in [1.29, 1.82) is 0 Å². The molecule has 0 aliphatic rings. The molecule has 0 aliphatic heterocycles. The number of carbonyl (C=O) groups is 1. The monoisotopic (exact) mass is 144 g/mol. The summed E-state index contributed by atoms with van der Waals surface area (Å²) in [6, 6.07) is 0. The van der Waals surface area contributed by atoms with Crippen molar-refractivity contribution in [1.82, 2.24) is 4.90 Å². The molecule has 3 heteroatoms. The normalized spacial score (nSPS) is 11.2. The lowest BCUT2D eigenvalue weighted by Crippen LogP contribution is -2.44. The molecule has 2 N–H and O–H groups in total. The Balaban J connectivity index is 3.74. The van der Waals surface area contributed by atoms with Gasteiger partial charge in [0.15, 0.2) is 0 Å². The van der Waals surface area contributed by atoms with E-state index in [4.69, 9.17) is 5.73 Å². The van der Waals surface area contributed by atoms with E-state index in [0.717, 1.165) is 13.0 Å². The number of nitrogens with two attached hydrogens (primary N) is 1. The van der Waals surface area contributed by atoms with Crippen molar-refractivity contribution in [2.75, 3.05) is 13.1 Å². The smallest absolute Gasteiger partial charge is 0.209 e. The van der Waals surface area contributed by atoms with Crippen LogP contribution in [0.1, 0.15) is 20.8 Å². The van der Waals surface area contributed by atoms with Gasteiger partial charge in [0.1, 0.15) is 0 Å². The van der Waals surface area contributed by atoms with Crippen LogP contribution in [0.2, 0.25) is 0 Å². The lowest BCUT2D eigenvalue weighted by molar-refractivity contribution is -0.118. The van der Waals surface area contributed by atoms with Gasteiger partial charge in [-0.05, 0) is 20.8 Å². The highest BCUT2D eigenvalue weighted by atomic mass is 16.1. The van der Waals surface area contributed by atoms with Crippen molar-refractivity contribution in [2.45, 2.75) is 26.3 Å². The molecule has 0 aliphatic carbocycles. The van der Waals surface area contributed by atoms with Crippen LogP contribution in [0.5, 0.6) is 0 Å². The first-order valence-corrected chi connectivity index (χ1v) is 3.48. The highest BCUT2D eigenvalue weighted by Crippen LogP contribution is 1.98. The van der Waals surface area contributed by atoms with Gasteiger partial charge in [0, 0.05) is 18.6 Å². The Kier molecular flexibility index (Phi) is 3.36. The van der Waals surface area contributed by atoms with E-state index in [-0.39, 0.29) is 5.54 Å². The fraction of sp³-hybridized carbons (Fsp3) is 0.857. The Morgan fingerprint density at radius 3 is 2.20 bits per heavy atom. The van der Waals surface area contributed by atoms with Crippen molar-refractivity contribution < 1.29 is 4.79 Å². The topological polar surface area (TPSA) is 46.3 Å². The van der Waals surface area contributed by atoms with Crippen molar-refractivity contribution in [3.05, 3.63) is 0 Å². The zero-order chi connectivity index (χ0) is 8.20. The molecule has 0 atom stereocenters. The summed E-state index contributed by atoms with van der Waals surface area (Å²) in [4.78, 5) is 11.9.